The lowest BCUT2D eigenvalue weighted by Gasteiger charge is -2.22. The molecule has 1 heterocycles. The lowest BCUT2D eigenvalue weighted by atomic mass is 10.0. The minimum absolute atomic E-state index is 0.0585. The summed E-state index contributed by atoms with van der Waals surface area (Å²) in [6.07, 6.45) is 0.343. The molecule has 0 bridgehead atoms. The Kier molecular flexibility index (Phi) is 8.22. The van der Waals surface area contributed by atoms with E-state index in [9.17, 15) is 9.59 Å². The van der Waals surface area contributed by atoms with Gasteiger partial charge in [0.2, 0.25) is 11.8 Å². The molecule has 0 aliphatic rings. The topological polar surface area (TPSA) is 73.2 Å². The van der Waals surface area contributed by atoms with Crippen LogP contribution in [0.4, 0.5) is 5.69 Å². The van der Waals surface area contributed by atoms with E-state index in [1.165, 1.54) is 0 Å². The van der Waals surface area contributed by atoms with Gasteiger partial charge < -0.3 is 10.2 Å². The van der Waals surface area contributed by atoms with Crippen LogP contribution in [0.15, 0.2) is 71.4 Å². The zero-order chi connectivity index (χ0) is 22.1. The number of thiophene rings is 1. The Morgan fingerprint density at radius 2 is 1.77 bits per heavy atom. The molecule has 2 amide bonds. The van der Waals surface area contributed by atoms with E-state index >= 15 is 0 Å². The fourth-order valence-electron chi connectivity index (χ4n) is 3.21. The fraction of sp³-hybridized carbons (Fsp3) is 0.208. The number of rotatable bonds is 9. The third-order valence-electron chi connectivity index (χ3n) is 4.77. The molecule has 5 nitrogen and oxygen atoms in total. The van der Waals surface area contributed by atoms with Gasteiger partial charge in [-0.15, -0.1) is 0 Å². The standard InChI is InChI=1S/C24H22ClN3O2S/c25-20-9-7-18(8-10-20)24(19-13-16-31-17-19)27-22(29)11-12-23(30)28(15-4-14-26)21-5-2-1-3-6-21/h1-3,5-10,13,16-17,24H,4,11-12,15H2,(H,27,29). The van der Waals surface area contributed by atoms with E-state index in [0.29, 0.717) is 11.6 Å². The first-order valence-electron chi connectivity index (χ1n) is 9.88. The number of para-hydroxylation sites is 1. The van der Waals surface area contributed by atoms with Crippen LogP contribution in [0.1, 0.15) is 36.4 Å². The number of nitriles is 1. The van der Waals surface area contributed by atoms with Crippen LogP contribution < -0.4 is 10.2 Å². The monoisotopic (exact) mass is 451 g/mol. The summed E-state index contributed by atoms with van der Waals surface area (Å²) in [5.41, 5.74) is 2.62. The summed E-state index contributed by atoms with van der Waals surface area (Å²) < 4.78 is 0. The molecule has 1 N–H and O–H groups in total. The third-order valence-corrected chi connectivity index (χ3v) is 5.72. The van der Waals surface area contributed by atoms with Crippen molar-refractivity contribution in [1.29, 1.82) is 5.26 Å². The second kappa shape index (κ2) is 11.3. The van der Waals surface area contributed by atoms with Crippen molar-refractivity contribution in [3.63, 3.8) is 0 Å². The molecule has 0 saturated heterocycles. The SMILES string of the molecule is N#CCCN(C(=O)CCC(=O)NC(c1ccc(Cl)cc1)c1ccsc1)c1ccccc1. The molecule has 3 rings (SSSR count). The van der Waals surface area contributed by atoms with Crippen LogP contribution in [0.5, 0.6) is 0 Å². The van der Waals surface area contributed by atoms with E-state index < -0.39 is 0 Å². The number of carbonyl (C=O) groups excluding carboxylic acids is 2. The van der Waals surface area contributed by atoms with Crippen molar-refractivity contribution in [1.82, 2.24) is 5.32 Å². The van der Waals surface area contributed by atoms with Crippen LogP contribution in [0, 0.1) is 11.3 Å². The van der Waals surface area contributed by atoms with Crippen molar-refractivity contribution in [2.75, 3.05) is 11.4 Å². The molecule has 1 aromatic heterocycles. The molecular weight excluding hydrogens is 430 g/mol. The molecule has 1 atom stereocenters. The molecule has 31 heavy (non-hydrogen) atoms. The van der Waals surface area contributed by atoms with E-state index in [1.54, 1.807) is 28.4 Å². The number of carbonyl (C=O) groups is 2. The maximum Gasteiger partial charge on any atom is 0.227 e. The second-order valence-corrected chi connectivity index (χ2v) is 8.11. The van der Waals surface area contributed by atoms with Crippen molar-refractivity contribution in [2.24, 2.45) is 0 Å². The summed E-state index contributed by atoms with van der Waals surface area (Å²) in [6, 6.07) is 20.3. The van der Waals surface area contributed by atoms with Crippen molar-refractivity contribution in [3.05, 3.63) is 87.6 Å². The van der Waals surface area contributed by atoms with Gasteiger partial charge >= 0.3 is 0 Å². The quantitative estimate of drug-likeness (QED) is 0.477. The molecule has 0 aliphatic carbocycles. The third kappa shape index (κ3) is 6.42. The Balaban J connectivity index is 1.66. The molecule has 1 unspecified atom stereocenters. The molecule has 158 valence electrons. The Bertz CT molecular complexity index is 1030. The first-order valence-corrected chi connectivity index (χ1v) is 11.2. The number of hydrogen-bond acceptors (Lipinski definition) is 4. The molecule has 0 radical (unpaired) electrons. The first-order chi connectivity index (χ1) is 15.1. The molecule has 3 aromatic rings. The number of hydrogen-bond donors (Lipinski definition) is 1. The van der Waals surface area contributed by atoms with Crippen LogP contribution in [0.3, 0.4) is 0 Å². The van der Waals surface area contributed by atoms with Crippen molar-refractivity contribution < 1.29 is 9.59 Å². The van der Waals surface area contributed by atoms with Gasteiger partial charge in [-0.25, -0.2) is 0 Å². The van der Waals surface area contributed by atoms with Crippen LogP contribution in [-0.2, 0) is 9.59 Å². The van der Waals surface area contributed by atoms with Gasteiger partial charge in [0, 0.05) is 30.1 Å². The molecule has 2 aromatic carbocycles. The largest absolute Gasteiger partial charge is 0.345 e. The maximum atomic E-state index is 12.8. The molecule has 0 spiro atoms. The van der Waals surface area contributed by atoms with Crippen LogP contribution in [-0.4, -0.2) is 18.4 Å². The summed E-state index contributed by atoms with van der Waals surface area (Å²) in [6.45, 7) is 0.295. The predicted molar refractivity (Wildman–Crippen MR) is 124 cm³/mol. The van der Waals surface area contributed by atoms with Gasteiger partial charge in [-0.1, -0.05) is 41.9 Å². The number of benzene rings is 2. The number of amides is 2. The Morgan fingerprint density at radius 3 is 2.42 bits per heavy atom. The minimum Gasteiger partial charge on any atom is -0.345 e. The summed E-state index contributed by atoms with van der Waals surface area (Å²) in [5.74, 6) is -0.400. The first kappa shape index (κ1) is 22.5. The van der Waals surface area contributed by atoms with Gasteiger partial charge in [0.1, 0.15) is 0 Å². The predicted octanol–water partition coefficient (Wildman–Crippen LogP) is 5.33. The van der Waals surface area contributed by atoms with E-state index in [-0.39, 0.29) is 37.1 Å². The van der Waals surface area contributed by atoms with Crippen LogP contribution >= 0.6 is 22.9 Å². The summed E-state index contributed by atoms with van der Waals surface area (Å²) in [5, 5.41) is 16.5. The van der Waals surface area contributed by atoms with E-state index in [2.05, 4.69) is 11.4 Å². The fourth-order valence-corrected chi connectivity index (χ4v) is 4.02. The average Bonchev–Trinajstić information content (AvgIpc) is 3.32. The zero-order valence-corrected chi connectivity index (χ0v) is 18.4. The molecule has 0 aliphatic heterocycles. The molecule has 7 heteroatoms. The van der Waals surface area contributed by atoms with Gasteiger partial charge in [0.25, 0.3) is 0 Å². The van der Waals surface area contributed by atoms with E-state index in [4.69, 9.17) is 16.9 Å². The highest BCUT2D eigenvalue weighted by Gasteiger charge is 2.20. The highest BCUT2D eigenvalue weighted by atomic mass is 35.5. The number of anilines is 1. The van der Waals surface area contributed by atoms with Gasteiger partial charge in [-0.05, 0) is 52.2 Å². The summed E-state index contributed by atoms with van der Waals surface area (Å²) >= 11 is 7.56. The average molecular weight is 452 g/mol. The Labute approximate surface area is 190 Å². The van der Waals surface area contributed by atoms with E-state index in [0.717, 1.165) is 16.8 Å². The minimum atomic E-state index is -0.310. The van der Waals surface area contributed by atoms with Crippen LogP contribution in [0.2, 0.25) is 5.02 Å². The van der Waals surface area contributed by atoms with Crippen molar-refractivity contribution in [3.8, 4) is 6.07 Å². The molecule has 0 saturated carbocycles. The summed E-state index contributed by atoms with van der Waals surface area (Å²) in [7, 11) is 0. The highest BCUT2D eigenvalue weighted by Crippen LogP contribution is 2.25. The van der Waals surface area contributed by atoms with Gasteiger partial charge in [0.05, 0.1) is 18.5 Å². The Morgan fingerprint density at radius 1 is 1.03 bits per heavy atom. The lowest BCUT2D eigenvalue weighted by Crippen LogP contribution is -2.34. The summed E-state index contributed by atoms with van der Waals surface area (Å²) in [4.78, 5) is 27.1. The Hall–Kier alpha value is -3.14. The highest BCUT2D eigenvalue weighted by molar-refractivity contribution is 7.08. The normalized spacial score (nSPS) is 11.4. The second-order valence-electron chi connectivity index (χ2n) is 6.90. The van der Waals surface area contributed by atoms with Crippen molar-refractivity contribution in [2.45, 2.75) is 25.3 Å². The number of nitrogens with one attached hydrogen (secondary N) is 1. The van der Waals surface area contributed by atoms with Gasteiger partial charge in [0.15, 0.2) is 0 Å². The lowest BCUT2D eigenvalue weighted by molar-refractivity contribution is -0.125. The number of halogens is 1. The van der Waals surface area contributed by atoms with Gasteiger partial charge in [-0.3, -0.25) is 9.59 Å². The molecule has 0 fully saturated rings. The zero-order valence-electron chi connectivity index (χ0n) is 16.8. The van der Waals surface area contributed by atoms with Gasteiger partial charge in [-0.2, -0.15) is 16.6 Å². The van der Waals surface area contributed by atoms with Crippen molar-refractivity contribution >= 4 is 40.4 Å². The number of nitrogens with zero attached hydrogens (tertiary/aromatic N) is 2. The maximum absolute atomic E-state index is 12.8. The smallest absolute Gasteiger partial charge is 0.227 e. The molecular formula is C24H22ClN3O2S. The van der Waals surface area contributed by atoms with Crippen LogP contribution in [0.25, 0.3) is 0 Å². The van der Waals surface area contributed by atoms with E-state index in [1.807, 2.05) is 59.3 Å².